The predicted molar refractivity (Wildman–Crippen MR) is 131 cm³/mol. The molecule has 2 aromatic carbocycles. The number of fused-ring (bicyclic) bond motifs is 1. The van der Waals surface area contributed by atoms with Crippen molar-refractivity contribution in [3.63, 3.8) is 0 Å². The summed E-state index contributed by atoms with van der Waals surface area (Å²) in [6.07, 6.45) is 0. The molecule has 188 valence electrons. The fourth-order valence-corrected chi connectivity index (χ4v) is 4.83. The highest BCUT2D eigenvalue weighted by Gasteiger charge is 2.40. The second-order valence-corrected chi connectivity index (χ2v) is 9.10. The summed E-state index contributed by atoms with van der Waals surface area (Å²) in [5.74, 6) is -1.31. The van der Waals surface area contributed by atoms with Crippen LogP contribution in [0.15, 0.2) is 36.4 Å². The van der Waals surface area contributed by atoms with Gasteiger partial charge < -0.3 is 14.0 Å². The molecule has 0 bridgehead atoms. The summed E-state index contributed by atoms with van der Waals surface area (Å²) < 4.78 is 32.4. The minimum atomic E-state index is -2.19. The maximum absolute atomic E-state index is 13.5. The molecule has 10 nitrogen and oxygen atoms in total. The van der Waals surface area contributed by atoms with E-state index in [-0.39, 0.29) is 29.3 Å². The van der Waals surface area contributed by atoms with E-state index in [0.29, 0.717) is 29.4 Å². The number of hydrazine groups is 1. The van der Waals surface area contributed by atoms with Crippen LogP contribution in [-0.2, 0) is 15.9 Å². The minimum absolute atomic E-state index is 0.120. The first-order valence-electron chi connectivity index (χ1n) is 11.0. The Balaban J connectivity index is 2.01. The molecule has 0 saturated heterocycles. The molecule has 0 saturated carbocycles. The summed E-state index contributed by atoms with van der Waals surface area (Å²) in [5.41, 5.74) is 1.21. The van der Waals surface area contributed by atoms with Gasteiger partial charge in [0.15, 0.2) is 22.6 Å². The molecule has 3 rings (SSSR count). The maximum atomic E-state index is 13.5. The molecule has 1 aliphatic heterocycles. The average Bonchev–Trinajstić information content (AvgIpc) is 3.03. The van der Waals surface area contributed by atoms with Crippen LogP contribution in [0, 0.1) is 0 Å². The molecule has 0 fully saturated rings. The van der Waals surface area contributed by atoms with Gasteiger partial charge in [-0.15, -0.1) is 0 Å². The van der Waals surface area contributed by atoms with Crippen molar-refractivity contribution >= 4 is 34.5 Å². The molecule has 0 aromatic heterocycles. The Bertz CT molecular complexity index is 1170. The van der Waals surface area contributed by atoms with E-state index in [0.717, 1.165) is 4.90 Å². The first-order chi connectivity index (χ1) is 16.6. The van der Waals surface area contributed by atoms with Crippen LogP contribution in [0.4, 0.5) is 5.69 Å². The van der Waals surface area contributed by atoms with Gasteiger partial charge in [-0.25, -0.2) is 14.2 Å². The van der Waals surface area contributed by atoms with Gasteiger partial charge in [-0.1, -0.05) is 12.1 Å². The number of imide groups is 1. The van der Waals surface area contributed by atoms with E-state index >= 15 is 0 Å². The zero-order valence-electron chi connectivity index (χ0n) is 20.3. The molecular formula is C24H29N3O7S. The van der Waals surface area contributed by atoms with Crippen molar-refractivity contribution in [3.05, 3.63) is 53.1 Å². The van der Waals surface area contributed by atoms with Crippen molar-refractivity contribution in [1.29, 1.82) is 0 Å². The molecule has 2 unspecified atom stereocenters. The fourth-order valence-electron chi connectivity index (χ4n) is 4.19. The lowest BCUT2D eigenvalue weighted by molar-refractivity contribution is -0.118. The third-order valence-corrected chi connectivity index (χ3v) is 6.30. The highest BCUT2D eigenvalue weighted by atomic mass is 32.2. The number of ether oxygens (including phenoxy) is 2. The molecule has 1 aliphatic rings. The van der Waals surface area contributed by atoms with Crippen LogP contribution >= 0.6 is 0 Å². The maximum Gasteiger partial charge on any atom is 0.263 e. The molecule has 1 N–H and O–H groups in total. The van der Waals surface area contributed by atoms with Crippen molar-refractivity contribution in [2.24, 2.45) is 0 Å². The lowest BCUT2D eigenvalue weighted by atomic mass is 9.99. The Morgan fingerprint density at radius 2 is 1.86 bits per heavy atom. The summed E-state index contributed by atoms with van der Waals surface area (Å²) in [6.45, 7) is 3.44. The van der Waals surface area contributed by atoms with E-state index in [1.165, 1.54) is 30.1 Å². The van der Waals surface area contributed by atoms with Gasteiger partial charge in [0.2, 0.25) is 5.91 Å². The second-order valence-electron chi connectivity index (χ2n) is 8.13. The van der Waals surface area contributed by atoms with Gasteiger partial charge in [-0.05, 0) is 36.8 Å². The lowest BCUT2D eigenvalue weighted by Crippen LogP contribution is -2.42. The van der Waals surface area contributed by atoms with Gasteiger partial charge in [-0.3, -0.25) is 19.3 Å². The van der Waals surface area contributed by atoms with Gasteiger partial charge >= 0.3 is 0 Å². The monoisotopic (exact) mass is 503 g/mol. The number of rotatable bonds is 10. The molecule has 1 heterocycles. The van der Waals surface area contributed by atoms with Gasteiger partial charge in [0.25, 0.3) is 11.8 Å². The summed E-state index contributed by atoms with van der Waals surface area (Å²) >= 11 is -2.19. The zero-order valence-corrected chi connectivity index (χ0v) is 21.1. The number of hydrogen-bond donors (Lipinski definition) is 1. The number of nitrogens with zero attached hydrogens (tertiary/aromatic N) is 3. The Morgan fingerprint density at radius 3 is 2.43 bits per heavy atom. The summed E-state index contributed by atoms with van der Waals surface area (Å²) in [6, 6.07) is 9.83. The Morgan fingerprint density at radius 1 is 1.14 bits per heavy atom. The number of anilines is 1. The number of carbonyl (C=O) groups is 3. The molecular weight excluding hydrogens is 474 g/mol. The minimum Gasteiger partial charge on any atom is -0.493 e. The molecule has 3 amide bonds. The van der Waals surface area contributed by atoms with E-state index in [1.54, 1.807) is 44.4 Å². The van der Waals surface area contributed by atoms with Crippen LogP contribution in [0.3, 0.4) is 0 Å². The van der Waals surface area contributed by atoms with Gasteiger partial charge in [-0.2, -0.15) is 0 Å². The van der Waals surface area contributed by atoms with Crippen LogP contribution in [0.25, 0.3) is 0 Å². The van der Waals surface area contributed by atoms with E-state index in [9.17, 15) is 23.1 Å². The quantitative estimate of drug-likeness (QED) is 0.299. The highest BCUT2D eigenvalue weighted by molar-refractivity contribution is 7.79. The fraction of sp³-hybridized carbons (Fsp3) is 0.375. The van der Waals surface area contributed by atoms with Crippen LogP contribution < -0.4 is 14.5 Å². The van der Waals surface area contributed by atoms with Crippen molar-refractivity contribution < 1.29 is 32.6 Å². The molecule has 0 aliphatic carbocycles. The molecule has 11 heteroatoms. The number of methoxy groups -OCH3 is 1. The van der Waals surface area contributed by atoms with Crippen LogP contribution in [0.1, 0.15) is 46.0 Å². The van der Waals surface area contributed by atoms with Crippen molar-refractivity contribution in [2.75, 3.05) is 45.1 Å². The predicted octanol–water partition coefficient (Wildman–Crippen LogP) is 2.52. The van der Waals surface area contributed by atoms with Gasteiger partial charge in [0.05, 0.1) is 36.3 Å². The zero-order chi connectivity index (χ0) is 25.9. The van der Waals surface area contributed by atoms with E-state index in [1.807, 2.05) is 6.92 Å². The van der Waals surface area contributed by atoms with Crippen molar-refractivity contribution in [2.45, 2.75) is 19.8 Å². The smallest absolute Gasteiger partial charge is 0.263 e. The third-order valence-electron chi connectivity index (χ3n) is 5.61. The molecule has 0 spiro atoms. The van der Waals surface area contributed by atoms with Gasteiger partial charge in [0, 0.05) is 33.5 Å². The van der Waals surface area contributed by atoms with Crippen molar-refractivity contribution in [1.82, 2.24) is 9.91 Å². The topological polar surface area (TPSA) is 117 Å². The normalized spacial score (nSPS) is 14.7. The van der Waals surface area contributed by atoms with E-state index in [4.69, 9.17) is 9.47 Å². The molecule has 35 heavy (non-hydrogen) atoms. The molecule has 2 aromatic rings. The van der Waals surface area contributed by atoms with Crippen LogP contribution in [-0.4, -0.2) is 76.5 Å². The van der Waals surface area contributed by atoms with Gasteiger partial charge in [0.1, 0.15) is 0 Å². The average molecular weight is 504 g/mol. The third kappa shape index (κ3) is 5.37. The SMILES string of the molecule is CCOc1cc(C(CN2C(=O)c3cccc(N(C(C)=O)N(C)C)c3C2=O)CS(=O)O)ccc1OC. The second kappa shape index (κ2) is 11.0. The summed E-state index contributed by atoms with van der Waals surface area (Å²) in [7, 11) is 4.82. The van der Waals surface area contributed by atoms with E-state index in [2.05, 4.69) is 0 Å². The van der Waals surface area contributed by atoms with E-state index < -0.39 is 28.8 Å². The Labute approximate surface area is 206 Å². The number of carbonyl (C=O) groups excluding carboxylic acids is 3. The Kier molecular flexibility index (Phi) is 8.26. The number of amides is 3. The standard InChI is InChI=1S/C24H29N3O7S/c1-6-34-21-12-16(10-11-20(21)33-5)17(14-35(31)32)13-26-23(29)18-8-7-9-19(22(18)24(26)30)27(15(2)28)25(3)4/h7-12,17H,6,13-14H2,1-5H3,(H,31,32). The Hall–Kier alpha value is -3.28. The lowest BCUT2D eigenvalue weighted by Gasteiger charge is -2.29. The van der Waals surface area contributed by atoms with Crippen LogP contribution in [0.2, 0.25) is 0 Å². The first kappa shape index (κ1) is 26.3. The molecule has 0 radical (unpaired) electrons. The van der Waals surface area contributed by atoms with Crippen molar-refractivity contribution in [3.8, 4) is 11.5 Å². The molecule has 2 atom stereocenters. The first-order valence-corrected chi connectivity index (χ1v) is 12.2. The highest BCUT2D eigenvalue weighted by Crippen LogP contribution is 2.35. The van der Waals surface area contributed by atoms with Crippen LogP contribution in [0.5, 0.6) is 11.5 Å². The summed E-state index contributed by atoms with van der Waals surface area (Å²) in [4.78, 5) is 40.0. The summed E-state index contributed by atoms with van der Waals surface area (Å²) in [5, 5.41) is 2.84. The number of hydrogen-bond acceptors (Lipinski definition) is 7. The number of benzene rings is 2. The largest absolute Gasteiger partial charge is 0.493 e.